The van der Waals surface area contributed by atoms with E-state index in [0.29, 0.717) is 11.3 Å². The highest BCUT2D eigenvalue weighted by Crippen LogP contribution is 2.49. The zero-order chi connectivity index (χ0) is 15.0. The Morgan fingerprint density at radius 3 is 2.35 bits per heavy atom. The van der Waals surface area contributed by atoms with Gasteiger partial charge in [-0.1, -0.05) is 12.1 Å². The van der Waals surface area contributed by atoms with Gasteiger partial charge < -0.3 is 9.84 Å². The van der Waals surface area contributed by atoms with E-state index in [1.165, 1.54) is 7.11 Å². The molecule has 1 aromatic rings. The Morgan fingerprint density at radius 1 is 1.25 bits per heavy atom. The van der Waals surface area contributed by atoms with E-state index in [4.69, 9.17) is 4.74 Å². The molecule has 0 unspecified atom stereocenters. The van der Waals surface area contributed by atoms with Gasteiger partial charge in [-0.25, -0.2) is 8.78 Å². The Morgan fingerprint density at radius 2 is 1.85 bits per heavy atom. The van der Waals surface area contributed by atoms with Gasteiger partial charge in [-0.15, -0.1) is 0 Å². The molecule has 2 rings (SSSR count). The summed E-state index contributed by atoms with van der Waals surface area (Å²) in [5.41, 5.74) is 0.0146. The minimum absolute atomic E-state index is 0.0729. The Bertz CT molecular complexity index is 516. The quantitative estimate of drug-likeness (QED) is 0.923. The molecule has 1 aliphatic rings. The average molecular weight is 284 g/mol. The van der Waals surface area contributed by atoms with E-state index in [0.717, 1.165) is 5.56 Å². The number of ether oxygens (including phenoxy) is 1. The lowest BCUT2D eigenvalue weighted by atomic mass is 9.67. The summed E-state index contributed by atoms with van der Waals surface area (Å²) in [4.78, 5) is 11.8. The van der Waals surface area contributed by atoms with E-state index in [1.807, 2.05) is 0 Å². The van der Waals surface area contributed by atoms with Crippen LogP contribution < -0.4 is 4.74 Å². The monoisotopic (exact) mass is 284 g/mol. The molecular weight excluding hydrogens is 266 g/mol. The first kappa shape index (κ1) is 14.8. The summed E-state index contributed by atoms with van der Waals surface area (Å²) in [7, 11) is 1.46. The molecule has 20 heavy (non-hydrogen) atoms. The summed E-state index contributed by atoms with van der Waals surface area (Å²) in [5, 5.41) is 9.66. The van der Waals surface area contributed by atoms with Crippen molar-refractivity contribution in [2.75, 3.05) is 7.11 Å². The van der Waals surface area contributed by atoms with Crippen molar-refractivity contribution >= 4 is 5.97 Å². The summed E-state index contributed by atoms with van der Waals surface area (Å²) in [6.45, 7) is 1.79. The highest BCUT2D eigenvalue weighted by molar-refractivity contribution is 5.83. The highest BCUT2D eigenvalue weighted by atomic mass is 19.3. The van der Waals surface area contributed by atoms with Crippen LogP contribution in [0.1, 0.15) is 36.8 Å². The zero-order valence-corrected chi connectivity index (χ0v) is 11.6. The van der Waals surface area contributed by atoms with Crippen LogP contribution in [0.4, 0.5) is 8.78 Å². The van der Waals surface area contributed by atoms with Gasteiger partial charge in [0, 0.05) is 18.4 Å². The van der Waals surface area contributed by atoms with Crippen molar-refractivity contribution in [1.29, 1.82) is 0 Å². The van der Waals surface area contributed by atoms with Gasteiger partial charge in [0.2, 0.25) is 5.92 Å². The molecule has 110 valence electrons. The number of aryl methyl sites for hydroxylation is 1. The summed E-state index contributed by atoms with van der Waals surface area (Å²) in [6.07, 6.45) is -0.958. The van der Waals surface area contributed by atoms with E-state index in [9.17, 15) is 18.7 Å². The molecule has 1 N–H and O–H groups in total. The molecule has 3 nitrogen and oxygen atoms in total. The summed E-state index contributed by atoms with van der Waals surface area (Å²) < 4.78 is 32.0. The lowest BCUT2D eigenvalue weighted by Gasteiger charge is -2.38. The van der Waals surface area contributed by atoms with Crippen molar-refractivity contribution in [2.45, 2.75) is 43.9 Å². The second kappa shape index (κ2) is 5.04. The molecule has 0 saturated heterocycles. The maximum Gasteiger partial charge on any atom is 0.314 e. The maximum absolute atomic E-state index is 13.4. The number of carboxylic acid groups (broad SMARTS) is 1. The fourth-order valence-corrected chi connectivity index (χ4v) is 3.04. The van der Waals surface area contributed by atoms with Crippen LogP contribution in [0.3, 0.4) is 0 Å². The van der Waals surface area contributed by atoms with E-state index in [1.54, 1.807) is 25.1 Å². The molecule has 1 aromatic carbocycles. The van der Waals surface area contributed by atoms with Crippen LogP contribution in [0, 0.1) is 6.92 Å². The van der Waals surface area contributed by atoms with Crippen LogP contribution in [-0.2, 0) is 10.2 Å². The number of rotatable bonds is 3. The van der Waals surface area contributed by atoms with Crippen LogP contribution in [-0.4, -0.2) is 24.1 Å². The minimum Gasteiger partial charge on any atom is -0.496 e. The third kappa shape index (κ3) is 2.37. The number of carboxylic acids is 1. The number of carbonyl (C=O) groups is 1. The number of halogens is 2. The first-order chi connectivity index (χ1) is 9.32. The summed E-state index contributed by atoms with van der Waals surface area (Å²) in [5.74, 6) is -3.37. The Labute approximate surface area is 116 Å². The van der Waals surface area contributed by atoms with Gasteiger partial charge in [-0.3, -0.25) is 4.79 Å². The van der Waals surface area contributed by atoms with Crippen LogP contribution in [0.2, 0.25) is 0 Å². The van der Waals surface area contributed by atoms with Gasteiger partial charge in [0.1, 0.15) is 5.75 Å². The third-order valence-electron chi connectivity index (χ3n) is 4.18. The molecule has 1 fully saturated rings. The second-order valence-corrected chi connectivity index (χ2v) is 5.40. The number of alkyl halides is 2. The number of benzene rings is 1. The molecule has 0 heterocycles. The van der Waals surface area contributed by atoms with Crippen molar-refractivity contribution in [1.82, 2.24) is 0 Å². The zero-order valence-electron chi connectivity index (χ0n) is 11.6. The molecule has 0 radical (unpaired) electrons. The molecular formula is C15H18F2O3. The third-order valence-corrected chi connectivity index (χ3v) is 4.18. The second-order valence-electron chi connectivity index (χ2n) is 5.40. The van der Waals surface area contributed by atoms with Crippen molar-refractivity contribution in [3.8, 4) is 5.75 Å². The molecule has 0 amide bonds. The van der Waals surface area contributed by atoms with Gasteiger partial charge >= 0.3 is 5.97 Å². The molecule has 0 aromatic heterocycles. The molecule has 5 heteroatoms. The van der Waals surface area contributed by atoms with Gasteiger partial charge in [-0.05, 0) is 31.4 Å². The van der Waals surface area contributed by atoms with E-state index in [2.05, 4.69) is 0 Å². The first-order valence-corrected chi connectivity index (χ1v) is 6.58. The molecule has 1 aliphatic carbocycles. The average Bonchev–Trinajstić information content (AvgIpc) is 2.39. The lowest BCUT2D eigenvalue weighted by Crippen LogP contribution is -2.43. The minimum atomic E-state index is -2.77. The van der Waals surface area contributed by atoms with E-state index >= 15 is 0 Å². The largest absolute Gasteiger partial charge is 0.496 e. The van der Waals surface area contributed by atoms with Crippen molar-refractivity contribution in [3.63, 3.8) is 0 Å². The van der Waals surface area contributed by atoms with Crippen LogP contribution >= 0.6 is 0 Å². The lowest BCUT2D eigenvalue weighted by molar-refractivity contribution is -0.149. The van der Waals surface area contributed by atoms with Crippen LogP contribution in [0.5, 0.6) is 5.75 Å². The van der Waals surface area contributed by atoms with Crippen molar-refractivity contribution in [3.05, 3.63) is 29.3 Å². The van der Waals surface area contributed by atoms with E-state index in [-0.39, 0.29) is 12.8 Å². The number of hydrogen-bond acceptors (Lipinski definition) is 2. The van der Waals surface area contributed by atoms with Gasteiger partial charge in [0.25, 0.3) is 0 Å². The Kier molecular flexibility index (Phi) is 3.71. The molecule has 0 bridgehead atoms. The Balaban J connectivity index is 2.53. The fourth-order valence-electron chi connectivity index (χ4n) is 3.04. The summed E-state index contributed by atoms with van der Waals surface area (Å²) >= 11 is 0. The SMILES string of the molecule is COc1cccc(C)c1C1(C(=O)O)CCC(F)(F)CC1. The molecule has 0 spiro atoms. The Hall–Kier alpha value is -1.65. The predicted molar refractivity (Wildman–Crippen MR) is 70.5 cm³/mol. The molecule has 1 saturated carbocycles. The fraction of sp³-hybridized carbons (Fsp3) is 0.533. The van der Waals surface area contributed by atoms with Crippen LogP contribution in [0.15, 0.2) is 18.2 Å². The normalized spacial score (nSPS) is 20.4. The topological polar surface area (TPSA) is 46.5 Å². The molecule has 0 atom stereocenters. The van der Waals surface area contributed by atoms with Gasteiger partial charge in [-0.2, -0.15) is 0 Å². The first-order valence-electron chi connectivity index (χ1n) is 6.58. The number of aliphatic carboxylic acids is 1. The maximum atomic E-state index is 13.4. The number of methoxy groups -OCH3 is 1. The number of hydrogen-bond donors (Lipinski definition) is 1. The standard InChI is InChI=1S/C15H18F2O3/c1-10-4-3-5-11(20-2)12(10)14(13(18)19)6-8-15(16,17)9-7-14/h3-5H,6-9H2,1-2H3,(H,18,19). The van der Waals surface area contributed by atoms with Crippen molar-refractivity contribution < 1.29 is 23.4 Å². The van der Waals surface area contributed by atoms with Crippen molar-refractivity contribution in [2.24, 2.45) is 0 Å². The summed E-state index contributed by atoms with van der Waals surface area (Å²) in [6, 6.07) is 5.24. The highest BCUT2D eigenvalue weighted by Gasteiger charge is 2.50. The molecule has 0 aliphatic heterocycles. The predicted octanol–water partition coefficient (Wildman–Crippen LogP) is 3.54. The smallest absolute Gasteiger partial charge is 0.314 e. The van der Waals surface area contributed by atoms with Gasteiger partial charge in [0.15, 0.2) is 0 Å². The van der Waals surface area contributed by atoms with E-state index < -0.39 is 30.1 Å². The van der Waals surface area contributed by atoms with Gasteiger partial charge in [0.05, 0.1) is 12.5 Å². The van der Waals surface area contributed by atoms with Crippen LogP contribution in [0.25, 0.3) is 0 Å².